The number of rotatable bonds is 5. The molecule has 1 aliphatic carbocycles. The zero-order chi connectivity index (χ0) is 25.8. The number of hydrogen-bond acceptors (Lipinski definition) is 4. The zero-order valence-electron chi connectivity index (χ0n) is 22.9. The summed E-state index contributed by atoms with van der Waals surface area (Å²) in [5, 5.41) is 13.8. The van der Waals surface area contributed by atoms with Crippen molar-refractivity contribution in [3.63, 3.8) is 0 Å². The van der Waals surface area contributed by atoms with Crippen molar-refractivity contribution in [3.8, 4) is 0 Å². The fourth-order valence-corrected chi connectivity index (χ4v) is 12.5. The molecule has 2 aromatic rings. The Morgan fingerprint density at radius 2 is 1.58 bits per heavy atom. The number of aliphatic hydroxyl groups is 1. The molecule has 1 N–H and O–H groups in total. The summed E-state index contributed by atoms with van der Waals surface area (Å²) in [7, 11) is -2.69. The molecule has 0 bridgehead atoms. The van der Waals surface area contributed by atoms with Crippen LogP contribution in [0.3, 0.4) is 0 Å². The second kappa shape index (κ2) is 9.35. The van der Waals surface area contributed by atoms with Gasteiger partial charge in [0.15, 0.2) is 6.29 Å². The summed E-state index contributed by atoms with van der Waals surface area (Å²) in [5.74, 6) is 0.510. The predicted molar refractivity (Wildman–Crippen MR) is 147 cm³/mol. The average Bonchev–Trinajstić information content (AvgIpc) is 3.08. The van der Waals surface area contributed by atoms with Crippen LogP contribution in [-0.2, 0) is 13.9 Å². The van der Waals surface area contributed by atoms with Crippen molar-refractivity contribution in [2.45, 2.75) is 83.8 Å². The van der Waals surface area contributed by atoms with Crippen LogP contribution in [0.5, 0.6) is 0 Å². The van der Waals surface area contributed by atoms with Gasteiger partial charge in [-0.1, -0.05) is 88.4 Å². The number of hydrogen-bond donors (Lipinski definition) is 1. The topological polar surface area (TPSA) is 47.9 Å². The van der Waals surface area contributed by atoms with Crippen LogP contribution in [0.2, 0.25) is 5.04 Å². The van der Waals surface area contributed by atoms with E-state index in [2.05, 4.69) is 102 Å². The van der Waals surface area contributed by atoms with Crippen molar-refractivity contribution in [3.05, 3.63) is 60.7 Å². The molecule has 3 fully saturated rings. The van der Waals surface area contributed by atoms with Crippen molar-refractivity contribution in [1.29, 1.82) is 0 Å². The molecule has 3 aliphatic rings. The number of aliphatic hydroxyl groups excluding tert-OH is 1. The molecular weight excluding hydrogens is 464 g/mol. The monoisotopic (exact) mass is 508 g/mol. The van der Waals surface area contributed by atoms with Gasteiger partial charge in [0, 0.05) is 24.5 Å². The SMILES string of the molecule is C[C@H]1[C@@H](O)C[C@H]2C(C)(C)O[C@@H]3OCCC[C@@]32[C@H]1CO[Si](c1ccccc1)(c1ccccc1)C(C)(C)C. The quantitative estimate of drug-likeness (QED) is 0.569. The molecule has 5 heteroatoms. The van der Waals surface area contributed by atoms with E-state index >= 15 is 0 Å². The van der Waals surface area contributed by atoms with E-state index < -0.39 is 8.32 Å². The van der Waals surface area contributed by atoms with Crippen LogP contribution in [0.15, 0.2) is 60.7 Å². The Kier molecular flexibility index (Phi) is 6.79. The summed E-state index contributed by atoms with van der Waals surface area (Å²) in [5.41, 5.74) is -0.461. The van der Waals surface area contributed by atoms with Gasteiger partial charge in [0.05, 0.1) is 11.7 Å². The molecule has 2 aliphatic heterocycles. The average molecular weight is 509 g/mol. The molecule has 0 aromatic heterocycles. The van der Waals surface area contributed by atoms with Crippen molar-refractivity contribution < 1.29 is 19.0 Å². The molecule has 196 valence electrons. The van der Waals surface area contributed by atoms with Gasteiger partial charge in [0.2, 0.25) is 0 Å². The van der Waals surface area contributed by atoms with Crippen LogP contribution in [-0.4, -0.2) is 44.6 Å². The lowest BCUT2D eigenvalue weighted by atomic mass is 9.52. The Morgan fingerprint density at radius 1 is 1.00 bits per heavy atom. The van der Waals surface area contributed by atoms with E-state index in [1.54, 1.807) is 0 Å². The van der Waals surface area contributed by atoms with Gasteiger partial charge in [-0.3, -0.25) is 0 Å². The molecule has 1 saturated carbocycles. The maximum atomic E-state index is 11.3. The normalized spacial score (nSPS) is 34.1. The molecule has 2 heterocycles. The van der Waals surface area contributed by atoms with E-state index in [1.807, 2.05) is 0 Å². The van der Waals surface area contributed by atoms with Crippen LogP contribution in [0.4, 0.5) is 0 Å². The summed E-state index contributed by atoms with van der Waals surface area (Å²) in [6.07, 6.45) is 2.28. The predicted octanol–water partition coefficient (Wildman–Crippen LogP) is 5.13. The lowest BCUT2D eigenvalue weighted by Crippen LogP contribution is -2.68. The largest absolute Gasteiger partial charge is 0.407 e. The van der Waals surface area contributed by atoms with Gasteiger partial charge >= 0.3 is 0 Å². The van der Waals surface area contributed by atoms with Crippen molar-refractivity contribution in [1.82, 2.24) is 0 Å². The van der Waals surface area contributed by atoms with Crippen molar-refractivity contribution in [2.24, 2.45) is 23.2 Å². The Balaban J connectivity index is 1.60. The molecular formula is C31H44O4Si. The summed E-state index contributed by atoms with van der Waals surface area (Å²) in [4.78, 5) is 0. The zero-order valence-corrected chi connectivity index (χ0v) is 23.9. The van der Waals surface area contributed by atoms with Gasteiger partial charge in [-0.25, -0.2) is 0 Å². The Hall–Kier alpha value is -1.50. The highest BCUT2D eigenvalue weighted by Crippen LogP contribution is 2.64. The van der Waals surface area contributed by atoms with Crippen LogP contribution in [0.25, 0.3) is 0 Å². The Bertz CT molecular complexity index is 994. The molecule has 36 heavy (non-hydrogen) atoms. The van der Waals surface area contributed by atoms with Gasteiger partial charge in [-0.05, 0) is 60.4 Å². The van der Waals surface area contributed by atoms with Crippen LogP contribution in [0, 0.1) is 23.2 Å². The summed E-state index contributed by atoms with van der Waals surface area (Å²) >= 11 is 0. The standard InChI is InChI=1S/C31H44O4Si/c1-22-25(31-18-13-19-33-28(31)35-30(5,6)27(31)20-26(22)32)21-34-36(29(2,3)4,23-14-9-7-10-15-23)24-16-11-8-12-17-24/h7-12,14-17,22,25-28,32H,13,18-21H2,1-6H3/t22-,25+,26+,27+,28+,31+/m1/s1. The van der Waals surface area contributed by atoms with E-state index in [0.717, 1.165) is 25.9 Å². The van der Waals surface area contributed by atoms with Crippen LogP contribution in [0.1, 0.15) is 60.8 Å². The summed E-state index contributed by atoms with van der Waals surface area (Å²) < 4.78 is 20.4. The minimum absolute atomic E-state index is 0.0861. The summed E-state index contributed by atoms with van der Waals surface area (Å²) in [6, 6.07) is 21.7. The molecule has 2 saturated heterocycles. The first-order valence-electron chi connectivity index (χ1n) is 13.8. The van der Waals surface area contributed by atoms with E-state index in [-0.39, 0.29) is 46.2 Å². The lowest BCUT2D eigenvalue weighted by molar-refractivity contribution is -0.236. The van der Waals surface area contributed by atoms with Crippen LogP contribution >= 0.6 is 0 Å². The van der Waals surface area contributed by atoms with E-state index in [0.29, 0.717) is 6.61 Å². The van der Waals surface area contributed by atoms with Crippen LogP contribution < -0.4 is 10.4 Å². The third kappa shape index (κ3) is 3.94. The molecule has 2 aromatic carbocycles. The van der Waals surface area contributed by atoms with E-state index in [9.17, 15) is 5.11 Å². The number of ether oxygens (including phenoxy) is 2. The Morgan fingerprint density at radius 3 is 2.14 bits per heavy atom. The van der Waals surface area contributed by atoms with E-state index in [1.165, 1.54) is 10.4 Å². The molecule has 5 rings (SSSR count). The Labute approximate surface area is 218 Å². The molecule has 0 unspecified atom stereocenters. The van der Waals surface area contributed by atoms with Gasteiger partial charge in [-0.15, -0.1) is 0 Å². The van der Waals surface area contributed by atoms with Crippen molar-refractivity contribution in [2.75, 3.05) is 13.2 Å². The van der Waals surface area contributed by atoms with Gasteiger partial charge in [0.1, 0.15) is 0 Å². The molecule has 0 amide bonds. The first kappa shape index (κ1) is 26.1. The maximum Gasteiger partial charge on any atom is 0.261 e. The molecule has 4 nitrogen and oxygen atoms in total. The third-order valence-corrected chi connectivity index (χ3v) is 14.7. The maximum absolute atomic E-state index is 11.3. The molecule has 0 radical (unpaired) electrons. The van der Waals surface area contributed by atoms with Gasteiger partial charge in [0.25, 0.3) is 8.32 Å². The van der Waals surface area contributed by atoms with Crippen molar-refractivity contribution >= 4 is 18.7 Å². The van der Waals surface area contributed by atoms with Gasteiger partial charge < -0.3 is 19.0 Å². The first-order valence-corrected chi connectivity index (χ1v) is 15.7. The highest BCUT2D eigenvalue weighted by atomic mass is 28.4. The molecule has 6 atom stereocenters. The third-order valence-electron chi connectivity index (χ3n) is 9.67. The fourth-order valence-electron chi connectivity index (χ4n) is 7.95. The number of benzene rings is 2. The van der Waals surface area contributed by atoms with E-state index in [4.69, 9.17) is 13.9 Å². The molecule has 1 spiro atoms. The second-order valence-corrected chi connectivity index (χ2v) is 17.2. The smallest absolute Gasteiger partial charge is 0.261 e. The minimum atomic E-state index is -2.69. The fraction of sp³-hybridized carbons (Fsp3) is 0.613. The van der Waals surface area contributed by atoms with Gasteiger partial charge in [-0.2, -0.15) is 0 Å². The first-order chi connectivity index (χ1) is 17.0. The highest BCUT2D eigenvalue weighted by molar-refractivity contribution is 6.99. The minimum Gasteiger partial charge on any atom is -0.407 e. The highest BCUT2D eigenvalue weighted by Gasteiger charge is 2.68. The second-order valence-electron chi connectivity index (χ2n) is 12.9. The summed E-state index contributed by atoms with van der Waals surface area (Å²) in [6.45, 7) is 14.9. The lowest BCUT2D eigenvalue weighted by Gasteiger charge is -2.55.